The SMILES string of the molecule is CC1(C(=O)N=C=O)CCCS1. The molecular formula is C7H9NO2S. The minimum atomic E-state index is -0.447. The molecule has 3 nitrogen and oxygen atoms in total. The van der Waals surface area contributed by atoms with Gasteiger partial charge in [-0.3, -0.25) is 4.79 Å². The zero-order valence-electron chi connectivity index (χ0n) is 6.29. The Morgan fingerprint density at radius 3 is 2.91 bits per heavy atom. The van der Waals surface area contributed by atoms with Crippen LogP contribution in [0.2, 0.25) is 0 Å². The Morgan fingerprint density at radius 1 is 1.73 bits per heavy atom. The molecule has 1 atom stereocenters. The van der Waals surface area contributed by atoms with Crippen LogP contribution in [0.15, 0.2) is 4.99 Å². The molecular weight excluding hydrogens is 162 g/mol. The van der Waals surface area contributed by atoms with Gasteiger partial charge in [0.1, 0.15) is 0 Å². The number of nitrogens with zero attached hydrogens (tertiary/aromatic N) is 1. The quantitative estimate of drug-likeness (QED) is 0.439. The van der Waals surface area contributed by atoms with Crippen molar-refractivity contribution in [3.63, 3.8) is 0 Å². The Bertz CT molecular complexity index is 214. The van der Waals surface area contributed by atoms with Crippen LogP contribution in [0.4, 0.5) is 0 Å². The standard InChI is InChI=1S/C7H9NO2S/c1-7(3-2-4-11-7)6(10)8-5-9/h2-4H2,1H3. The van der Waals surface area contributed by atoms with Crippen LogP contribution in [0.3, 0.4) is 0 Å². The molecule has 0 aromatic heterocycles. The number of amides is 1. The summed E-state index contributed by atoms with van der Waals surface area (Å²) in [6, 6.07) is 0. The van der Waals surface area contributed by atoms with E-state index in [1.165, 1.54) is 6.08 Å². The fraction of sp³-hybridized carbons (Fsp3) is 0.714. The topological polar surface area (TPSA) is 46.5 Å². The number of hydrogen-bond acceptors (Lipinski definition) is 3. The van der Waals surface area contributed by atoms with Crippen molar-refractivity contribution < 1.29 is 9.59 Å². The largest absolute Gasteiger partial charge is 0.272 e. The van der Waals surface area contributed by atoms with Gasteiger partial charge in [0, 0.05) is 0 Å². The Labute approximate surface area is 69.3 Å². The van der Waals surface area contributed by atoms with Gasteiger partial charge in [0.2, 0.25) is 6.08 Å². The minimum Gasteiger partial charge on any atom is -0.270 e. The highest BCUT2D eigenvalue weighted by Crippen LogP contribution is 2.38. The predicted octanol–water partition coefficient (Wildman–Crippen LogP) is 1.13. The lowest BCUT2D eigenvalue weighted by Gasteiger charge is -2.15. The van der Waals surface area contributed by atoms with Crippen molar-refractivity contribution in [1.29, 1.82) is 0 Å². The van der Waals surface area contributed by atoms with E-state index in [2.05, 4.69) is 4.99 Å². The summed E-state index contributed by atoms with van der Waals surface area (Å²) in [6.45, 7) is 1.83. The molecule has 1 heterocycles. The van der Waals surface area contributed by atoms with Gasteiger partial charge < -0.3 is 0 Å². The van der Waals surface area contributed by atoms with Gasteiger partial charge in [0.15, 0.2) is 0 Å². The van der Waals surface area contributed by atoms with E-state index in [-0.39, 0.29) is 5.91 Å². The Kier molecular flexibility index (Phi) is 2.47. The average Bonchev–Trinajstić information content (AvgIpc) is 2.38. The van der Waals surface area contributed by atoms with Crippen LogP contribution in [0, 0.1) is 0 Å². The molecule has 1 saturated heterocycles. The van der Waals surface area contributed by atoms with Gasteiger partial charge in [-0.05, 0) is 25.5 Å². The van der Waals surface area contributed by atoms with E-state index in [9.17, 15) is 9.59 Å². The summed E-state index contributed by atoms with van der Waals surface area (Å²) in [5.41, 5.74) is 0. The van der Waals surface area contributed by atoms with E-state index in [4.69, 9.17) is 0 Å². The molecule has 0 aliphatic carbocycles. The van der Waals surface area contributed by atoms with Crippen LogP contribution in [0.1, 0.15) is 19.8 Å². The third-order valence-corrected chi connectivity index (χ3v) is 3.33. The molecule has 1 aliphatic heterocycles. The fourth-order valence-corrected chi connectivity index (χ4v) is 2.30. The van der Waals surface area contributed by atoms with Crippen LogP contribution >= 0.6 is 11.8 Å². The van der Waals surface area contributed by atoms with Crippen molar-refractivity contribution in [2.45, 2.75) is 24.5 Å². The summed E-state index contributed by atoms with van der Waals surface area (Å²) in [5, 5.41) is 0. The van der Waals surface area contributed by atoms with Gasteiger partial charge in [0.05, 0.1) is 4.75 Å². The maximum absolute atomic E-state index is 11.1. The molecule has 1 rings (SSSR count). The van der Waals surface area contributed by atoms with Gasteiger partial charge in [-0.25, -0.2) is 4.79 Å². The van der Waals surface area contributed by atoms with E-state index in [0.29, 0.717) is 0 Å². The summed E-state index contributed by atoms with van der Waals surface area (Å²) in [6.07, 6.45) is 3.13. The van der Waals surface area contributed by atoms with Crippen LogP contribution in [-0.4, -0.2) is 22.5 Å². The predicted molar refractivity (Wildman–Crippen MR) is 43.2 cm³/mol. The molecule has 1 unspecified atom stereocenters. The molecule has 11 heavy (non-hydrogen) atoms. The van der Waals surface area contributed by atoms with E-state index in [0.717, 1.165) is 18.6 Å². The lowest BCUT2D eigenvalue weighted by Crippen LogP contribution is -2.26. The Balaban J connectivity index is 2.71. The van der Waals surface area contributed by atoms with Gasteiger partial charge in [-0.1, -0.05) is 0 Å². The number of thioether (sulfide) groups is 1. The maximum atomic E-state index is 11.1. The van der Waals surface area contributed by atoms with E-state index in [1.807, 2.05) is 6.92 Å². The normalized spacial score (nSPS) is 29.5. The zero-order chi connectivity index (χ0) is 8.32. The second-order valence-corrected chi connectivity index (χ2v) is 4.29. The van der Waals surface area contributed by atoms with E-state index >= 15 is 0 Å². The lowest BCUT2D eigenvalue weighted by atomic mass is 10.1. The molecule has 0 spiro atoms. The molecule has 1 fully saturated rings. The monoisotopic (exact) mass is 171 g/mol. The van der Waals surface area contributed by atoms with Crippen molar-refractivity contribution in [2.24, 2.45) is 4.99 Å². The van der Waals surface area contributed by atoms with Crippen molar-refractivity contribution >= 4 is 23.7 Å². The number of hydrogen-bond donors (Lipinski definition) is 0. The van der Waals surface area contributed by atoms with Gasteiger partial charge in [0.25, 0.3) is 5.91 Å². The van der Waals surface area contributed by atoms with Gasteiger partial charge in [-0.2, -0.15) is 0 Å². The van der Waals surface area contributed by atoms with Crippen LogP contribution in [0.5, 0.6) is 0 Å². The van der Waals surface area contributed by atoms with E-state index < -0.39 is 4.75 Å². The first-order chi connectivity index (χ1) is 5.19. The second-order valence-electron chi connectivity index (χ2n) is 2.69. The van der Waals surface area contributed by atoms with Crippen molar-refractivity contribution in [2.75, 3.05) is 5.75 Å². The molecule has 0 N–H and O–H groups in total. The van der Waals surface area contributed by atoms with Crippen LogP contribution in [-0.2, 0) is 9.59 Å². The zero-order valence-corrected chi connectivity index (χ0v) is 7.11. The van der Waals surface area contributed by atoms with Gasteiger partial charge in [-0.15, -0.1) is 16.8 Å². The van der Waals surface area contributed by atoms with Crippen LogP contribution in [0.25, 0.3) is 0 Å². The summed E-state index contributed by atoms with van der Waals surface area (Å²) in [4.78, 5) is 24.0. The molecule has 0 aromatic rings. The first-order valence-electron chi connectivity index (χ1n) is 3.45. The highest BCUT2D eigenvalue weighted by molar-refractivity contribution is 8.01. The van der Waals surface area contributed by atoms with Gasteiger partial charge >= 0.3 is 0 Å². The second kappa shape index (κ2) is 3.20. The number of isocyanates is 1. The maximum Gasteiger partial charge on any atom is 0.272 e. The number of aliphatic imine (C=N–C) groups is 1. The number of rotatable bonds is 1. The third kappa shape index (κ3) is 1.70. The molecule has 60 valence electrons. The summed E-state index contributed by atoms with van der Waals surface area (Å²) < 4.78 is -0.447. The molecule has 4 heteroatoms. The molecule has 0 saturated carbocycles. The summed E-state index contributed by atoms with van der Waals surface area (Å²) in [7, 11) is 0. The smallest absolute Gasteiger partial charge is 0.270 e. The molecule has 1 aliphatic rings. The molecule has 0 radical (unpaired) electrons. The highest BCUT2D eigenvalue weighted by atomic mass is 32.2. The average molecular weight is 171 g/mol. The summed E-state index contributed by atoms with van der Waals surface area (Å²) in [5.74, 6) is 0.645. The fourth-order valence-electron chi connectivity index (χ4n) is 1.11. The molecule has 0 aromatic carbocycles. The summed E-state index contributed by atoms with van der Waals surface area (Å²) >= 11 is 1.57. The molecule has 1 amide bonds. The Hall–Kier alpha value is -0.600. The highest BCUT2D eigenvalue weighted by Gasteiger charge is 2.37. The lowest BCUT2D eigenvalue weighted by molar-refractivity contribution is -0.119. The van der Waals surface area contributed by atoms with Crippen molar-refractivity contribution in [3.05, 3.63) is 0 Å². The van der Waals surface area contributed by atoms with Crippen LogP contribution < -0.4 is 0 Å². The van der Waals surface area contributed by atoms with E-state index in [1.54, 1.807) is 11.8 Å². The first-order valence-corrected chi connectivity index (χ1v) is 4.44. The molecule has 0 bridgehead atoms. The Morgan fingerprint density at radius 2 is 2.45 bits per heavy atom. The van der Waals surface area contributed by atoms with Crippen molar-refractivity contribution in [3.8, 4) is 0 Å². The van der Waals surface area contributed by atoms with Crippen molar-refractivity contribution in [1.82, 2.24) is 0 Å². The minimum absolute atomic E-state index is 0.338. The third-order valence-electron chi connectivity index (χ3n) is 1.82. The number of carbonyl (C=O) groups is 1. The first kappa shape index (κ1) is 8.50. The number of carbonyl (C=O) groups excluding carboxylic acids is 2.